The normalized spacial score (nSPS) is 20.6. The summed E-state index contributed by atoms with van der Waals surface area (Å²) in [5, 5.41) is 20.1. The van der Waals surface area contributed by atoms with E-state index in [1.165, 1.54) is 41.3 Å². The number of aromatic carboxylic acids is 1. The van der Waals surface area contributed by atoms with Crippen molar-refractivity contribution in [2.24, 2.45) is 11.3 Å². The first kappa shape index (κ1) is 30.5. The van der Waals surface area contributed by atoms with Gasteiger partial charge in [0.15, 0.2) is 0 Å². The van der Waals surface area contributed by atoms with E-state index in [2.05, 4.69) is 6.07 Å². The van der Waals surface area contributed by atoms with Crippen LogP contribution in [0.3, 0.4) is 0 Å². The molecule has 0 saturated carbocycles. The molecule has 0 unspecified atom stereocenters. The average Bonchev–Trinajstić information content (AvgIpc) is 3.22. The van der Waals surface area contributed by atoms with Crippen LogP contribution in [0.15, 0.2) is 60.7 Å². The van der Waals surface area contributed by atoms with Crippen LogP contribution >= 0.6 is 23.2 Å². The van der Waals surface area contributed by atoms with Crippen molar-refractivity contribution in [1.82, 2.24) is 4.90 Å². The van der Waals surface area contributed by atoms with E-state index in [-0.39, 0.29) is 51.0 Å². The summed E-state index contributed by atoms with van der Waals surface area (Å²) >= 11 is 12.2. The van der Waals surface area contributed by atoms with Gasteiger partial charge < -0.3 is 10.0 Å². The average molecular weight is 600 g/mol. The number of carboxylic acids is 1. The van der Waals surface area contributed by atoms with E-state index in [1.54, 1.807) is 18.2 Å². The van der Waals surface area contributed by atoms with Crippen molar-refractivity contribution in [2.75, 3.05) is 6.54 Å². The van der Waals surface area contributed by atoms with Crippen LogP contribution in [0.5, 0.6) is 0 Å². The number of carbonyl (C=O) groups is 2. The van der Waals surface area contributed by atoms with Crippen LogP contribution < -0.4 is 0 Å². The third-order valence-corrected chi connectivity index (χ3v) is 8.18. The lowest BCUT2D eigenvalue weighted by atomic mass is 9.63. The van der Waals surface area contributed by atoms with Gasteiger partial charge >= 0.3 is 5.97 Å². The molecule has 0 spiro atoms. The Bertz CT molecular complexity index is 1510. The van der Waals surface area contributed by atoms with Gasteiger partial charge in [-0.25, -0.2) is 13.6 Å². The Morgan fingerprint density at radius 1 is 1.10 bits per heavy atom. The summed E-state index contributed by atoms with van der Waals surface area (Å²) in [6.07, 6.45) is 0.748. The molecule has 5 nitrogen and oxygen atoms in total. The molecule has 3 aromatic carbocycles. The van der Waals surface area contributed by atoms with Gasteiger partial charge in [0, 0.05) is 35.0 Å². The summed E-state index contributed by atoms with van der Waals surface area (Å²) in [6, 6.07) is 15.9. The number of carbonyl (C=O) groups excluding carboxylic acids is 1. The maximum Gasteiger partial charge on any atom is 0.335 e. The fourth-order valence-electron chi connectivity index (χ4n) is 5.92. The SMILES string of the molecule is CC(C)(C)C[C@@H]1CN(C(=O)CCc2ccc(C(=O)O)cc2)[C@H](c2cccc(Cl)c2F)[C@@]1(C#N)c1ccc(Cl)cc1F. The molecular weight excluding hydrogens is 569 g/mol. The van der Waals surface area contributed by atoms with Crippen LogP contribution in [0.2, 0.25) is 10.0 Å². The molecule has 1 amide bonds. The van der Waals surface area contributed by atoms with Gasteiger partial charge in [-0.15, -0.1) is 0 Å². The molecule has 4 rings (SSSR count). The topological polar surface area (TPSA) is 81.4 Å². The van der Waals surface area contributed by atoms with Crippen LogP contribution in [0.25, 0.3) is 0 Å². The van der Waals surface area contributed by atoms with Gasteiger partial charge in [-0.1, -0.05) is 74.3 Å². The van der Waals surface area contributed by atoms with E-state index >= 15 is 8.78 Å². The summed E-state index contributed by atoms with van der Waals surface area (Å²) in [5.74, 6) is -3.43. The molecule has 9 heteroatoms. The number of benzene rings is 3. The maximum atomic E-state index is 15.7. The molecule has 1 saturated heterocycles. The van der Waals surface area contributed by atoms with E-state index < -0.39 is 35.0 Å². The van der Waals surface area contributed by atoms with Gasteiger partial charge in [-0.05, 0) is 54.2 Å². The second kappa shape index (κ2) is 11.8. The molecule has 0 bridgehead atoms. The van der Waals surface area contributed by atoms with Crippen molar-refractivity contribution in [3.05, 3.63) is 105 Å². The monoisotopic (exact) mass is 598 g/mol. The number of nitrogens with zero attached hydrogens (tertiary/aromatic N) is 2. The highest BCUT2D eigenvalue weighted by molar-refractivity contribution is 6.31. The Morgan fingerprint density at radius 2 is 1.78 bits per heavy atom. The highest BCUT2D eigenvalue weighted by Gasteiger charge is 2.59. The smallest absolute Gasteiger partial charge is 0.335 e. The standard InChI is InChI=1S/C32H30Cl2F2N2O3/c1-31(2,3)16-21-17-38(27(39)14-9-19-7-10-20(11-8-19)30(40)41)29(23-5-4-6-25(34)28(23)36)32(21,18-37)24-13-12-22(33)15-26(24)35/h4-8,10-13,15,21,29H,9,14,16-17H2,1-3H3,(H,40,41)/t21-,29-,32-/m1/s1. The molecule has 41 heavy (non-hydrogen) atoms. The molecule has 0 radical (unpaired) electrons. The second-order valence-electron chi connectivity index (χ2n) is 11.7. The van der Waals surface area contributed by atoms with E-state index in [1.807, 2.05) is 20.8 Å². The predicted molar refractivity (Wildman–Crippen MR) is 154 cm³/mol. The van der Waals surface area contributed by atoms with Gasteiger partial charge in [0.2, 0.25) is 5.91 Å². The number of hydrogen-bond acceptors (Lipinski definition) is 3. The zero-order chi connectivity index (χ0) is 30.1. The summed E-state index contributed by atoms with van der Waals surface area (Å²) < 4.78 is 31.4. The Balaban J connectivity index is 1.85. The van der Waals surface area contributed by atoms with Crippen LogP contribution in [0, 0.1) is 34.3 Å². The first-order valence-corrected chi connectivity index (χ1v) is 14.0. The number of rotatable bonds is 7. The van der Waals surface area contributed by atoms with Crippen molar-refractivity contribution in [3.8, 4) is 6.07 Å². The molecule has 1 aliphatic rings. The molecule has 214 valence electrons. The fraction of sp³-hybridized carbons (Fsp3) is 0.344. The minimum atomic E-state index is -1.65. The number of aryl methyl sites for hydroxylation is 1. The molecule has 0 aromatic heterocycles. The van der Waals surface area contributed by atoms with Crippen LogP contribution in [0.1, 0.15) is 66.7 Å². The largest absolute Gasteiger partial charge is 0.478 e. The number of carboxylic acid groups (broad SMARTS) is 1. The summed E-state index contributed by atoms with van der Waals surface area (Å²) in [7, 11) is 0. The van der Waals surface area contributed by atoms with Crippen molar-refractivity contribution < 1.29 is 23.5 Å². The molecule has 3 aromatic rings. The van der Waals surface area contributed by atoms with Gasteiger partial charge in [-0.2, -0.15) is 5.26 Å². The number of halogens is 4. The zero-order valence-electron chi connectivity index (χ0n) is 22.9. The molecule has 1 fully saturated rings. The third kappa shape index (κ3) is 6.10. The summed E-state index contributed by atoms with van der Waals surface area (Å²) in [6.45, 7) is 6.08. The number of hydrogen-bond donors (Lipinski definition) is 1. The molecular formula is C32H30Cl2F2N2O3. The van der Waals surface area contributed by atoms with Crippen molar-refractivity contribution in [3.63, 3.8) is 0 Å². The van der Waals surface area contributed by atoms with E-state index in [9.17, 15) is 14.9 Å². The summed E-state index contributed by atoms with van der Waals surface area (Å²) in [4.78, 5) is 26.6. The van der Waals surface area contributed by atoms with Crippen LogP contribution in [-0.4, -0.2) is 28.4 Å². The molecule has 3 atom stereocenters. The van der Waals surface area contributed by atoms with Gasteiger partial charge in [0.25, 0.3) is 0 Å². The lowest BCUT2D eigenvalue weighted by Gasteiger charge is -2.38. The minimum absolute atomic E-state index is 0.0119. The van der Waals surface area contributed by atoms with Crippen molar-refractivity contribution in [1.29, 1.82) is 5.26 Å². The quantitative estimate of drug-likeness (QED) is 0.299. The maximum absolute atomic E-state index is 15.7. The molecule has 1 N–H and O–H groups in total. The molecule has 0 aliphatic carbocycles. The van der Waals surface area contributed by atoms with Crippen molar-refractivity contribution in [2.45, 2.75) is 51.5 Å². The highest BCUT2D eigenvalue weighted by atomic mass is 35.5. The zero-order valence-corrected chi connectivity index (χ0v) is 24.4. The van der Waals surface area contributed by atoms with Crippen molar-refractivity contribution >= 4 is 35.1 Å². The van der Waals surface area contributed by atoms with Crippen LogP contribution in [0.4, 0.5) is 8.78 Å². The van der Waals surface area contributed by atoms with Crippen LogP contribution in [-0.2, 0) is 16.6 Å². The number of nitriles is 1. The second-order valence-corrected chi connectivity index (χ2v) is 12.5. The number of likely N-dealkylation sites (tertiary alicyclic amines) is 1. The fourth-order valence-corrected chi connectivity index (χ4v) is 6.27. The lowest BCUT2D eigenvalue weighted by Crippen LogP contribution is -2.41. The molecule has 1 aliphatic heterocycles. The van der Waals surface area contributed by atoms with Gasteiger partial charge in [0.1, 0.15) is 17.0 Å². The predicted octanol–water partition coefficient (Wildman–Crippen LogP) is 8.00. The summed E-state index contributed by atoms with van der Waals surface area (Å²) in [5.41, 5.74) is -1.00. The lowest BCUT2D eigenvalue weighted by molar-refractivity contribution is -0.132. The Labute approximate surface area is 248 Å². The Kier molecular flexibility index (Phi) is 8.77. The Hall–Kier alpha value is -3.47. The van der Waals surface area contributed by atoms with E-state index in [4.69, 9.17) is 28.3 Å². The van der Waals surface area contributed by atoms with Gasteiger partial charge in [-0.3, -0.25) is 4.79 Å². The number of amides is 1. The third-order valence-electron chi connectivity index (χ3n) is 7.65. The Morgan fingerprint density at radius 3 is 2.37 bits per heavy atom. The van der Waals surface area contributed by atoms with Gasteiger partial charge in [0.05, 0.1) is 22.7 Å². The highest BCUT2D eigenvalue weighted by Crippen LogP contribution is 2.56. The van der Waals surface area contributed by atoms with E-state index in [0.29, 0.717) is 12.8 Å². The molecule has 1 heterocycles. The first-order chi connectivity index (χ1) is 19.3. The first-order valence-electron chi connectivity index (χ1n) is 13.2. The minimum Gasteiger partial charge on any atom is -0.478 e. The van der Waals surface area contributed by atoms with E-state index in [0.717, 1.165) is 11.6 Å².